The third-order valence-electron chi connectivity index (χ3n) is 2.40. The minimum atomic E-state index is -0.362. The number of carbonyl (C=O) groups excluding carboxylic acids is 1. The highest BCUT2D eigenvalue weighted by Crippen LogP contribution is 2.19. The first-order valence-electron chi connectivity index (χ1n) is 4.91. The SMILES string of the molecule is O=C(OCCO)N1CCC(CCO)C1. The lowest BCUT2D eigenvalue weighted by molar-refractivity contribution is 0.0892. The van der Waals surface area contributed by atoms with Crippen LogP contribution in [0.5, 0.6) is 0 Å². The number of hydrogen-bond acceptors (Lipinski definition) is 4. The molecule has 0 aromatic heterocycles. The average Bonchev–Trinajstić information content (AvgIpc) is 2.63. The van der Waals surface area contributed by atoms with Crippen LogP contribution < -0.4 is 0 Å². The molecule has 0 aromatic rings. The Bertz CT molecular complexity index is 186. The summed E-state index contributed by atoms with van der Waals surface area (Å²) in [4.78, 5) is 12.9. The lowest BCUT2D eigenvalue weighted by atomic mass is 10.1. The van der Waals surface area contributed by atoms with Gasteiger partial charge in [0.1, 0.15) is 6.61 Å². The Hall–Kier alpha value is -0.810. The second kappa shape index (κ2) is 5.82. The molecule has 0 spiro atoms. The second-order valence-electron chi connectivity index (χ2n) is 3.45. The van der Waals surface area contributed by atoms with E-state index in [-0.39, 0.29) is 25.9 Å². The van der Waals surface area contributed by atoms with Gasteiger partial charge in [0, 0.05) is 19.7 Å². The summed E-state index contributed by atoms with van der Waals surface area (Å²) >= 11 is 0. The van der Waals surface area contributed by atoms with E-state index in [1.807, 2.05) is 0 Å². The summed E-state index contributed by atoms with van der Waals surface area (Å²) in [6.07, 6.45) is 1.30. The van der Waals surface area contributed by atoms with Gasteiger partial charge in [-0.05, 0) is 18.8 Å². The minimum absolute atomic E-state index is 0.0556. The Morgan fingerprint density at radius 2 is 2.21 bits per heavy atom. The normalized spacial score (nSPS) is 21.3. The van der Waals surface area contributed by atoms with Crippen LogP contribution in [0.1, 0.15) is 12.8 Å². The zero-order chi connectivity index (χ0) is 10.4. The molecule has 1 amide bonds. The van der Waals surface area contributed by atoms with Gasteiger partial charge in [0.2, 0.25) is 0 Å². The van der Waals surface area contributed by atoms with E-state index in [2.05, 4.69) is 0 Å². The first-order valence-corrected chi connectivity index (χ1v) is 4.91. The maximum Gasteiger partial charge on any atom is 0.409 e. The quantitative estimate of drug-likeness (QED) is 0.665. The van der Waals surface area contributed by atoms with E-state index < -0.39 is 0 Å². The fourth-order valence-corrected chi connectivity index (χ4v) is 1.64. The molecule has 0 radical (unpaired) electrons. The van der Waals surface area contributed by atoms with Gasteiger partial charge in [0.15, 0.2) is 0 Å². The van der Waals surface area contributed by atoms with Crippen molar-refractivity contribution in [3.63, 3.8) is 0 Å². The number of carbonyl (C=O) groups is 1. The first-order chi connectivity index (χ1) is 6.77. The maximum atomic E-state index is 11.3. The van der Waals surface area contributed by atoms with Crippen molar-refractivity contribution in [3.05, 3.63) is 0 Å². The van der Waals surface area contributed by atoms with Gasteiger partial charge in [-0.15, -0.1) is 0 Å². The predicted octanol–water partition coefficient (Wildman–Crippen LogP) is -0.180. The van der Waals surface area contributed by atoms with Gasteiger partial charge in [-0.25, -0.2) is 4.79 Å². The number of aliphatic hydroxyl groups excluding tert-OH is 2. The van der Waals surface area contributed by atoms with E-state index in [9.17, 15) is 4.79 Å². The van der Waals surface area contributed by atoms with Crippen LogP contribution in [0.3, 0.4) is 0 Å². The highest BCUT2D eigenvalue weighted by atomic mass is 16.6. The van der Waals surface area contributed by atoms with E-state index in [1.54, 1.807) is 4.90 Å². The van der Waals surface area contributed by atoms with Gasteiger partial charge in [-0.1, -0.05) is 0 Å². The molecule has 1 fully saturated rings. The molecule has 1 unspecified atom stereocenters. The monoisotopic (exact) mass is 203 g/mol. The molecule has 0 saturated carbocycles. The Labute approximate surface area is 83.3 Å². The van der Waals surface area contributed by atoms with E-state index >= 15 is 0 Å². The summed E-state index contributed by atoms with van der Waals surface area (Å²) in [6.45, 7) is 1.43. The van der Waals surface area contributed by atoms with E-state index in [0.29, 0.717) is 19.0 Å². The molecule has 1 rings (SSSR count). The minimum Gasteiger partial charge on any atom is -0.447 e. The fraction of sp³-hybridized carbons (Fsp3) is 0.889. The van der Waals surface area contributed by atoms with E-state index in [4.69, 9.17) is 14.9 Å². The number of aliphatic hydroxyl groups is 2. The summed E-state index contributed by atoms with van der Waals surface area (Å²) in [6, 6.07) is 0. The van der Waals surface area contributed by atoms with E-state index in [1.165, 1.54) is 0 Å². The largest absolute Gasteiger partial charge is 0.447 e. The van der Waals surface area contributed by atoms with E-state index in [0.717, 1.165) is 12.8 Å². The Morgan fingerprint density at radius 3 is 2.86 bits per heavy atom. The van der Waals surface area contributed by atoms with Gasteiger partial charge in [0.05, 0.1) is 6.61 Å². The molecule has 0 aromatic carbocycles. The van der Waals surface area contributed by atoms with Crippen molar-refractivity contribution < 1.29 is 19.7 Å². The molecule has 1 saturated heterocycles. The van der Waals surface area contributed by atoms with Crippen LogP contribution in [0.15, 0.2) is 0 Å². The van der Waals surface area contributed by atoms with Crippen LogP contribution in [0.4, 0.5) is 4.79 Å². The predicted molar refractivity (Wildman–Crippen MR) is 49.8 cm³/mol. The fourth-order valence-electron chi connectivity index (χ4n) is 1.64. The molecule has 82 valence electrons. The van der Waals surface area contributed by atoms with Crippen LogP contribution in [0, 0.1) is 5.92 Å². The summed E-state index contributed by atoms with van der Waals surface area (Å²) in [7, 11) is 0. The molecule has 0 aliphatic carbocycles. The summed E-state index contributed by atoms with van der Waals surface area (Å²) in [5, 5.41) is 17.2. The topological polar surface area (TPSA) is 70.0 Å². The number of ether oxygens (including phenoxy) is 1. The molecule has 1 aliphatic rings. The van der Waals surface area contributed by atoms with Crippen molar-refractivity contribution in [2.45, 2.75) is 12.8 Å². The molecule has 14 heavy (non-hydrogen) atoms. The molecule has 1 aliphatic heterocycles. The number of hydrogen-bond donors (Lipinski definition) is 2. The summed E-state index contributed by atoms with van der Waals surface area (Å²) < 4.78 is 4.78. The second-order valence-corrected chi connectivity index (χ2v) is 3.45. The molecule has 2 N–H and O–H groups in total. The number of nitrogens with zero attached hydrogens (tertiary/aromatic N) is 1. The van der Waals surface area contributed by atoms with Crippen LogP contribution >= 0.6 is 0 Å². The average molecular weight is 203 g/mol. The standard InChI is InChI=1S/C9H17NO4/c11-4-2-8-1-3-10(7-8)9(13)14-6-5-12/h8,11-12H,1-7H2. The van der Waals surface area contributed by atoms with Crippen LogP contribution in [-0.4, -0.2) is 54.1 Å². The molecule has 5 nitrogen and oxygen atoms in total. The van der Waals surface area contributed by atoms with Crippen molar-refractivity contribution in [3.8, 4) is 0 Å². The Morgan fingerprint density at radius 1 is 1.43 bits per heavy atom. The Balaban J connectivity index is 2.23. The van der Waals surface area contributed by atoms with Gasteiger partial charge in [-0.3, -0.25) is 0 Å². The van der Waals surface area contributed by atoms with Crippen molar-refractivity contribution in [1.82, 2.24) is 4.90 Å². The summed E-state index contributed by atoms with van der Waals surface area (Å²) in [5.41, 5.74) is 0. The molecule has 5 heteroatoms. The van der Waals surface area contributed by atoms with Gasteiger partial charge in [0.25, 0.3) is 0 Å². The van der Waals surface area contributed by atoms with Crippen LogP contribution in [-0.2, 0) is 4.74 Å². The highest BCUT2D eigenvalue weighted by molar-refractivity contribution is 5.67. The smallest absolute Gasteiger partial charge is 0.409 e. The maximum absolute atomic E-state index is 11.3. The molecule has 1 heterocycles. The molecular formula is C9H17NO4. The van der Waals surface area contributed by atoms with Crippen molar-refractivity contribution in [2.75, 3.05) is 32.9 Å². The van der Waals surface area contributed by atoms with Gasteiger partial charge < -0.3 is 19.8 Å². The number of rotatable bonds is 4. The molecule has 0 bridgehead atoms. The van der Waals surface area contributed by atoms with Crippen molar-refractivity contribution in [1.29, 1.82) is 0 Å². The third-order valence-corrected chi connectivity index (χ3v) is 2.40. The lowest BCUT2D eigenvalue weighted by Crippen LogP contribution is -2.30. The number of likely N-dealkylation sites (tertiary alicyclic amines) is 1. The first kappa shape index (κ1) is 11.3. The van der Waals surface area contributed by atoms with Crippen molar-refractivity contribution in [2.24, 2.45) is 5.92 Å². The third kappa shape index (κ3) is 3.16. The highest BCUT2D eigenvalue weighted by Gasteiger charge is 2.26. The van der Waals surface area contributed by atoms with Gasteiger partial charge >= 0.3 is 6.09 Å². The Kier molecular flexibility index (Phi) is 4.69. The zero-order valence-corrected chi connectivity index (χ0v) is 8.19. The lowest BCUT2D eigenvalue weighted by Gasteiger charge is -2.15. The van der Waals surface area contributed by atoms with Crippen LogP contribution in [0.25, 0.3) is 0 Å². The zero-order valence-electron chi connectivity index (χ0n) is 8.19. The van der Waals surface area contributed by atoms with Gasteiger partial charge in [-0.2, -0.15) is 0 Å². The van der Waals surface area contributed by atoms with Crippen molar-refractivity contribution >= 4 is 6.09 Å². The van der Waals surface area contributed by atoms with Crippen LogP contribution in [0.2, 0.25) is 0 Å². The number of amides is 1. The molecular weight excluding hydrogens is 186 g/mol. The molecule has 1 atom stereocenters. The summed E-state index contributed by atoms with van der Waals surface area (Å²) in [5.74, 6) is 0.390.